The number of urea groups is 1. The van der Waals surface area contributed by atoms with Gasteiger partial charge in [0.05, 0.1) is 6.61 Å². The van der Waals surface area contributed by atoms with Gasteiger partial charge in [-0.15, -0.1) is 0 Å². The molecule has 2 aromatic carbocycles. The van der Waals surface area contributed by atoms with Crippen LogP contribution in [0.3, 0.4) is 0 Å². The number of anilines is 2. The molecule has 0 aromatic heterocycles. The summed E-state index contributed by atoms with van der Waals surface area (Å²) in [6.07, 6.45) is 1.61. The lowest BCUT2D eigenvalue weighted by atomic mass is 9.84. The molecule has 0 aliphatic carbocycles. The molecule has 2 saturated heterocycles. The fraction of sp³-hybridized carbons (Fsp3) is 0.304. The maximum absolute atomic E-state index is 13.3. The van der Waals surface area contributed by atoms with Crippen molar-refractivity contribution in [3.63, 3.8) is 0 Å². The molecule has 5 rings (SSSR count). The second-order valence-electron chi connectivity index (χ2n) is 8.07. The van der Waals surface area contributed by atoms with Gasteiger partial charge in [-0.2, -0.15) is 0 Å². The van der Waals surface area contributed by atoms with E-state index in [0.717, 1.165) is 11.3 Å². The van der Waals surface area contributed by atoms with Gasteiger partial charge < -0.3 is 20.3 Å². The average molecular weight is 434 g/mol. The minimum atomic E-state index is -1.22. The lowest BCUT2D eigenvalue weighted by Gasteiger charge is -2.33. The van der Waals surface area contributed by atoms with Crippen LogP contribution in [0.1, 0.15) is 24.8 Å². The van der Waals surface area contributed by atoms with Crippen molar-refractivity contribution < 1.29 is 23.9 Å². The monoisotopic (exact) mass is 434 g/mol. The summed E-state index contributed by atoms with van der Waals surface area (Å²) in [7, 11) is 0. The lowest BCUT2D eigenvalue weighted by molar-refractivity contribution is -0.135. The average Bonchev–Trinajstić information content (AvgIpc) is 3.31. The van der Waals surface area contributed by atoms with Crippen LogP contribution >= 0.6 is 0 Å². The third kappa shape index (κ3) is 3.26. The third-order valence-electron chi connectivity index (χ3n) is 6.07. The molecule has 3 aliphatic heterocycles. The molecule has 3 heterocycles. The van der Waals surface area contributed by atoms with Gasteiger partial charge in [-0.25, -0.2) is 4.79 Å². The van der Waals surface area contributed by atoms with Crippen LogP contribution in [0, 0.1) is 0 Å². The number of carbonyl (C=O) groups excluding carboxylic acids is 4. The molecule has 1 unspecified atom stereocenters. The number of imide groups is 1. The Labute approximate surface area is 184 Å². The normalized spacial score (nSPS) is 22.1. The molecule has 2 N–H and O–H groups in total. The van der Waals surface area contributed by atoms with E-state index in [2.05, 4.69) is 10.6 Å². The van der Waals surface area contributed by atoms with Crippen LogP contribution in [0.15, 0.2) is 48.5 Å². The third-order valence-corrected chi connectivity index (χ3v) is 6.07. The summed E-state index contributed by atoms with van der Waals surface area (Å²) in [4.78, 5) is 53.2. The highest BCUT2D eigenvalue weighted by Crippen LogP contribution is 2.40. The Bertz CT molecular complexity index is 1130. The summed E-state index contributed by atoms with van der Waals surface area (Å²) in [5, 5.41) is 5.50. The van der Waals surface area contributed by atoms with E-state index in [9.17, 15) is 19.2 Å². The molecule has 32 heavy (non-hydrogen) atoms. The molecule has 3 aliphatic rings. The van der Waals surface area contributed by atoms with Gasteiger partial charge in [-0.1, -0.05) is 24.3 Å². The first kappa shape index (κ1) is 20.0. The highest BCUT2D eigenvalue weighted by atomic mass is 16.5. The van der Waals surface area contributed by atoms with Crippen LogP contribution < -0.4 is 20.3 Å². The van der Waals surface area contributed by atoms with E-state index in [1.54, 1.807) is 47.4 Å². The molecule has 0 saturated carbocycles. The molecule has 5 amide bonds. The lowest BCUT2D eigenvalue weighted by Crippen LogP contribution is -2.48. The van der Waals surface area contributed by atoms with E-state index in [0.29, 0.717) is 42.1 Å². The number of hydrogen-bond donors (Lipinski definition) is 2. The molecule has 0 radical (unpaired) electrons. The fourth-order valence-electron chi connectivity index (χ4n) is 4.53. The van der Waals surface area contributed by atoms with Crippen molar-refractivity contribution in [1.29, 1.82) is 0 Å². The number of fused-ring (bicyclic) bond motifs is 2. The van der Waals surface area contributed by atoms with Crippen molar-refractivity contribution in [2.75, 3.05) is 29.9 Å². The summed E-state index contributed by atoms with van der Waals surface area (Å²) in [6.45, 7) is 0.513. The Balaban J connectivity index is 1.31. The fourth-order valence-corrected chi connectivity index (χ4v) is 4.53. The minimum absolute atomic E-state index is 0.0508. The molecular formula is C23H22N4O5. The zero-order chi connectivity index (χ0) is 22.3. The van der Waals surface area contributed by atoms with Crippen LogP contribution in [0.4, 0.5) is 16.2 Å². The van der Waals surface area contributed by atoms with E-state index in [1.807, 2.05) is 6.07 Å². The van der Waals surface area contributed by atoms with Gasteiger partial charge in [-0.3, -0.25) is 19.3 Å². The van der Waals surface area contributed by atoms with Crippen LogP contribution in [-0.2, 0) is 19.9 Å². The number of ether oxygens (including phenoxy) is 1. The van der Waals surface area contributed by atoms with Gasteiger partial charge in [0.25, 0.3) is 5.91 Å². The van der Waals surface area contributed by atoms with Crippen LogP contribution in [0.2, 0.25) is 0 Å². The number of nitrogens with one attached hydrogen (secondary N) is 2. The van der Waals surface area contributed by atoms with Gasteiger partial charge >= 0.3 is 6.03 Å². The van der Waals surface area contributed by atoms with Crippen LogP contribution in [-0.4, -0.2) is 48.3 Å². The number of carbonyl (C=O) groups is 4. The van der Waals surface area contributed by atoms with Gasteiger partial charge in [-0.05, 0) is 30.7 Å². The molecule has 9 heteroatoms. The number of hydrogen-bond acceptors (Lipinski definition) is 5. The van der Waals surface area contributed by atoms with Crippen molar-refractivity contribution >= 4 is 35.1 Å². The zero-order valence-electron chi connectivity index (χ0n) is 17.3. The van der Waals surface area contributed by atoms with Gasteiger partial charge in [0.2, 0.25) is 11.8 Å². The molecule has 164 valence electrons. The van der Waals surface area contributed by atoms with Crippen molar-refractivity contribution in [3.05, 3.63) is 54.1 Å². The summed E-state index contributed by atoms with van der Waals surface area (Å²) in [6, 6.07) is 13.4. The van der Waals surface area contributed by atoms with Crippen LogP contribution in [0.25, 0.3) is 0 Å². The van der Waals surface area contributed by atoms with Gasteiger partial charge in [0.1, 0.15) is 12.3 Å². The van der Waals surface area contributed by atoms with Crippen LogP contribution in [0.5, 0.6) is 5.75 Å². The maximum Gasteiger partial charge on any atom is 0.325 e. The standard InChI is InChI=1S/C23H22N4O5/c28-19(24-15-5-3-6-16(13-15)26-11-4-9-20(26)29)14-27-21(30)23(25-22(27)31)10-12-32-18-8-2-1-7-17(18)23/h1-3,5-8,13H,4,9-12,14H2,(H,24,28)(H,25,31). The minimum Gasteiger partial charge on any atom is -0.493 e. The van der Waals surface area contributed by atoms with Crippen molar-refractivity contribution in [3.8, 4) is 5.75 Å². The Morgan fingerprint density at radius 2 is 1.97 bits per heavy atom. The largest absolute Gasteiger partial charge is 0.493 e. The van der Waals surface area contributed by atoms with Gasteiger partial charge in [0.15, 0.2) is 5.54 Å². The Kier molecular flexibility index (Phi) is 4.80. The molecule has 1 spiro atoms. The Morgan fingerprint density at radius 1 is 1.12 bits per heavy atom. The molecule has 9 nitrogen and oxygen atoms in total. The SMILES string of the molecule is O=C(CN1C(=O)NC2(CCOc3ccccc32)C1=O)Nc1cccc(N2CCCC2=O)c1. The first-order valence-corrected chi connectivity index (χ1v) is 10.5. The maximum atomic E-state index is 13.3. The van der Waals surface area contributed by atoms with Crippen molar-refractivity contribution in [1.82, 2.24) is 10.2 Å². The van der Waals surface area contributed by atoms with E-state index in [-0.39, 0.29) is 12.5 Å². The predicted molar refractivity (Wildman–Crippen MR) is 115 cm³/mol. The molecule has 0 bridgehead atoms. The second kappa shape index (κ2) is 7.67. The molecule has 1 atom stereocenters. The second-order valence-corrected chi connectivity index (χ2v) is 8.07. The summed E-state index contributed by atoms with van der Waals surface area (Å²) in [5.74, 6) is -0.373. The highest BCUT2D eigenvalue weighted by Gasteiger charge is 2.55. The van der Waals surface area contributed by atoms with Crippen molar-refractivity contribution in [2.45, 2.75) is 24.8 Å². The van der Waals surface area contributed by atoms with Gasteiger partial charge in [0, 0.05) is 36.3 Å². The quantitative estimate of drug-likeness (QED) is 0.716. The Hall–Kier alpha value is -3.88. The van der Waals surface area contributed by atoms with E-state index in [4.69, 9.17) is 4.74 Å². The van der Waals surface area contributed by atoms with E-state index >= 15 is 0 Å². The zero-order valence-corrected chi connectivity index (χ0v) is 17.3. The number of benzene rings is 2. The Morgan fingerprint density at radius 3 is 2.78 bits per heavy atom. The van der Waals surface area contributed by atoms with E-state index in [1.165, 1.54) is 0 Å². The number of amides is 5. The smallest absolute Gasteiger partial charge is 0.325 e. The molecule has 2 fully saturated rings. The summed E-state index contributed by atoms with van der Waals surface area (Å²) in [5.41, 5.74) is 0.571. The molecule has 2 aromatic rings. The first-order valence-electron chi connectivity index (χ1n) is 10.5. The number of rotatable bonds is 4. The highest BCUT2D eigenvalue weighted by molar-refractivity contribution is 6.11. The number of nitrogens with zero attached hydrogens (tertiary/aromatic N) is 2. The predicted octanol–water partition coefficient (Wildman–Crippen LogP) is 1.98. The first-order chi connectivity index (χ1) is 15.5. The van der Waals surface area contributed by atoms with E-state index < -0.39 is 29.9 Å². The van der Waals surface area contributed by atoms with Crippen molar-refractivity contribution in [2.24, 2.45) is 0 Å². The summed E-state index contributed by atoms with van der Waals surface area (Å²) < 4.78 is 5.62. The summed E-state index contributed by atoms with van der Waals surface area (Å²) >= 11 is 0. The number of para-hydroxylation sites is 1. The topological polar surface area (TPSA) is 108 Å². The molecular weight excluding hydrogens is 412 g/mol.